The molecule has 30 heavy (non-hydrogen) atoms. The molecule has 0 saturated carbocycles. The fourth-order valence-electron chi connectivity index (χ4n) is 2.96. The third kappa shape index (κ3) is 7.23. The minimum atomic E-state index is -4.55. The second kappa shape index (κ2) is 10.2. The van der Waals surface area contributed by atoms with Gasteiger partial charge in [0.05, 0.1) is 17.7 Å². The Balaban J connectivity index is 1.95. The lowest BCUT2D eigenvalue weighted by Gasteiger charge is -2.16. The van der Waals surface area contributed by atoms with Crippen LogP contribution >= 0.6 is 0 Å². The molecular formula is C22H25F6NO. The predicted octanol–water partition coefficient (Wildman–Crippen LogP) is 6.41. The van der Waals surface area contributed by atoms with Gasteiger partial charge in [-0.25, -0.2) is 0 Å². The van der Waals surface area contributed by atoms with Crippen molar-refractivity contribution in [3.05, 3.63) is 64.7 Å². The first-order valence-corrected chi connectivity index (χ1v) is 9.75. The van der Waals surface area contributed by atoms with E-state index in [0.29, 0.717) is 36.8 Å². The summed E-state index contributed by atoms with van der Waals surface area (Å²) in [7, 11) is 0. The molecule has 0 fully saturated rings. The molecule has 8 heteroatoms. The topological polar surface area (TPSA) is 35.2 Å². The molecule has 0 aliphatic heterocycles. The van der Waals surface area contributed by atoms with Crippen LogP contribution in [0.4, 0.5) is 26.3 Å². The summed E-state index contributed by atoms with van der Waals surface area (Å²) in [6, 6.07) is 8.65. The first-order valence-electron chi connectivity index (χ1n) is 9.75. The van der Waals surface area contributed by atoms with E-state index in [0.717, 1.165) is 24.6 Å². The molecule has 0 aliphatic rings. The van der Waals surface area contributed by atoms with E-state index in [1.807, 2.05) is 6.92 Å². The zero-order chi connectivity index (χ0) is 22.4. The van der Waals surface area contributed by atoms with Gasteiger partial charge in [-0.1, -0.05) is 25.1 Å². The first-order chi connectivity index (χ1) is 14.0. The lowest BCUT2D eigenvalue weighted by Crippen LogP contribution is -2.19. The molecule has 1 atom stereocenters. The van der Waals surface area contributed by atoms with Gasteiger partial charge in [-0.2, -0.15) is 26.3 Å². The van der Waals surface area contributed by atoms with Crippen molar-refractivity contribution in [1.29, 1.82) is 0 Å². The Kier molecular flexibility index (Phi) is 8.18. The summed E-state index contributed by atoms with van der Waals surface area (Å²) >= 11 is 0. The highest BCUT2D eigenvalue weighted by Gasteiger charge is 2.34. The van der Waals surface area contributed by atoms with Crippen LogP contribution in [0.1, 0.15) is 48.4 Å². The van der Waals surface area contributed by atoms with Gasteiger partial charge in [-0.05, 0) is 67.5 Å². The summed E-state index contributed by atoms with van der Waals surface area (Å²) < 4.78 is 83.2. The number of ether oxygens (including phenoxy) is 1. The largest absolute Gasteiger partial charge is 0.493 e. The van der Waals surface area contributed by atoms with E-state index in [4.69, 9.17) is 10.5 Å². The quantitative estimate of drug-likeness (QED) is 0.367. The van der Waals surface area contributed by atoms with Crippen molar-refractivity contribution < 1.29 is 31.1 Å². The van der Waals surface area contributed by atoms with Gasteiger partial charge < -0.3 is 10.5 Å². The fraction of sp³-hybridized carbons (Fsp3) is 0.455. The molecule has 0 heterocycles. The van der Waals surface area contributed by atoms with Crippen molar-refractivity contribution in [2.75, 3.05) is 6.61 Å². The van der Waals surface area contributed by atoms with Crippen LogP contribution < -0.4 is 10.5 Å². The first kappa shape index (κ1) is 24.1. The van der Waals surface area contributed by atoms with Crippen molar-refractivity contribution in [2.24, 2.45) is 5.73 Å². The van der Waals surface area contributed by atoms with Crippen LogP contribution in [0.25, 0.3) is 0 Å². The highest BCUT2D eigenvalue weighted by molar-refractivity contribution is 5.39. The molecule has 166 valence electrons. The smallest absolute Gasteiger partial charge is 0.419 e. The molecular weight excluding hydrogens is 408 g/mol. The maximum atomic E-state index is 13.4. The number of nitrogens with two attached hydrogens (primary N) is 1. The molecule has 0 aliphatic carbocycles. The highest BCUT2D eigenvalue weighted by Crippen LogP contribution is 2.37. The summed E-state index contributed by atoms with van der Waals surface area (Å²) in [5.74, 6) is -0.251. The molecule has 2 rings (SSSR count). The lowest BCUT2D eigenvalue weighted by atomic mass is 10.0. The Hall–Kier alpha value is -2.22. The molecule has 2 aromatic rings. The van der Waals surface area contributed by atoms with Crippen LogP contribution in [0.2, 0.25) is 0 Å². The van der Waals surface area contributed by atoms with Gasteiger partial charge in [0.25, 0.3) is 0 Å². The van der Waals surface area contributed by atoms with Crippen molar-refractivity contribution in [2.45, 2.75) is 57.4 Å². The summed E-state index contributed by atoms with van der Waals surface area (Å²) in [6.45, 7) is 1.94. The zero-order valence-electron chi connectivity index (χ0n) is 16.6. The lowest BCUT2D eigenvalue weighted by molar-refractivity contribution is -0.139. The van der Waals surface area contributed by atoms with E-state index in [-0.39, 0.29) is 18.4 Å². The van der Waals surface area contributed by atoms with Crippen LogP contribution in [0, 0.1) is 0 Å². The van der Waals surface area contributed by atoms with Gasteiger partial charge in [0, 0.05) is 6.04 Å². The van der Waals surface area contributed by atoms with Crippen LogP contribution in [-0.2, 0) is 25.2 Å². The number of aryl methyl sites for hydroxylation is 2. The van der Waals surface area contributed by atoms with Crippen molar-refractivity contribution in [1.82, 2.24) is 0 Å². The number of rotatable bonds is 9. The van der Waals surface area contributed by atoms with Gasteiger partial charge in [0.15, 0.2) is 0 Å². The van der Waals surface area contributed by atoms with Crippen molar-refractivity contribution in [3.63, 3.8) is 0 Å². The second-order valence-electron chi connectivity index (χ2n) is 7.18. The van der Waals surface area contributed by atoms with E-state index < -0.39 is 23.5 Å². The minimum Gasteiger partial charge on any atom is -0.493 e. The maximum Gasteiger partial charge on any atom is 0.419 e. The van der Waals surface area contributed by atoms with Crippen LogP contribution in [0.5, 0.6) is 5.75 Å². The Morgan fingerprint density at radius 2 is 1.50 bits per heavy atom. The van der Waals surface area contributed by atoms with Gasteiger partial charge in [-0.15, -0.1) is 0 Å². The van der Waals surface area contributed by atoms with Gasteiger partial charge in [0.2, 0.25) is 0 Å². The molecule has 0 amide bonds. The van der Waals surface area contributed by atoms with Crippen molar-refractivity contribution in [3.8, 4) is 5.75 Å². The molecule has 2 N–H and O–H groups in total. The van der Waals surface area contributed by atoms with Crippen LogP contribution in [0.15, 0.2) is 42.5 Å². The molecule has 0 radical (unpaired) electrons. The Morgan fingerprint density at radius 3 is 2.07 bits per heavy atom. The Labute approximate surface area is 172 Å². The molecule has 0 bridgehead atoms. The summed E-state index contributed by atoms with van der Waals surface area (Å²) in [5, 5.41) is 0. The van der Waals surface area contributed by atoms with E-state index >= 15 is 0 Å². The molecule has 0 saturated heterocycles. The zero-order valence-corrected chi connectivity index (χ0v) is 16.6. The predicted molar refractivity (Wildman–Crippen MR) is 103 cm³/mol. The highest BCUT2D eigenvalue weighted by atomic mass is 19.4. The summed E-state index contributed by atoms with van der Waals surface area (Å²) in [4.78, 5) is 0. The SMILES string of the molecule is CCC(N)CCc1ccc(OCCCc2ccc(C(F)(F)F)cc2)c(C(F)(F)F)c1. The molecule has 2 nitrogen and oxygen atoms in total. The van der Waals surface area contributed by atoms with E-state index in [2.05, 4.69) is 0 Å². The van der Waals surface area contributed by atoms with Gasteiger partial charge in [-0.3, -0.25) is 0 Å². The van der Waals surface area contributed by atoms with E-state index in [9.17, 15) is 26.3 Å². The maximum absolute atomic E-state index is 13.4. The third-order valence-electron chi connectivity index (χ3n) is 4.83. The second-order valence-corrected chi connectivity index (χ2v) is 7.18. The normalized spacial score (nSPS) is 13.3. The molecule has 2 aromatic carbocycles. The number of hydrogen-bond acceptors (Lipinski definition) is 2. The number of alkyl halides is 6. The summed E-state index contributed by atoms with van der Waals surface area (Å²) in [6.07, 6.45) is -6.38. The number of hydrogen-bond donors (Lipinski definition) is 1. The third-order valence-corrected chi connectivity index (χ3v) is 4.83. The minimum absolute atomic E-state index is 0.0180. The molecule has 0 spiro atoms. The Morgan fingerprint density at radius 1 is 0.867 bits per heavy atom. The van der Waals surface area contributed by atoms with E-state index in [1.54, 1.807) is 6.07 Å². The fourth-order valence-corrected chi connectivity index (χ4v) is 2.96. The molecule has 1 unspecified atom stereocenters. The van der Waals surface area contributed by atoms with Gasteiger partial charge >= 0.3 is 12.4 Å². The average Bonchev–Trinajstić information content (AvgIpc) is 2.68. The number of halogens is 6. The van der Waals surface area contributed by atoms with Gasteiger partial charge in [0.1, 0.15) is 5.75 Å². The van der Waals surface area contributed by atoms with E-state index in [1.165, 1.54) is 18.2 Å². The Bertz CT molecular complexity index is 799. The van der Waals surface area contributed by atoms with Crippen molar-refractivity contribution >= 4 is 0 Å². The number of benzene rings is 2. The van der Waals surface area contributed by atoms with Crippen LogP contribution in [-0.4, -0.2) is 12.6 Å². The summed E-state index contributed by atoms with van der Waals surface area (Å²) in [5.41, 5.74) is 5.46. The molecule has 0 aromatic heterocycles. The average molecular weight is 433 g/mol. The monoisotopic (exact) mass is 433 g/mol. The standard InChI is InChI=1S/C22H25F6NO/c1-2-18(29)11-7-16-8-12-20(19(14-16)22(26,27)28)30-13-3-4-15-5-9-17(10-6-15)21(23,24)25/h5-6,8-10,12,14,18H,2-4,7,11,13,29H2,1H3. The van der Waals surface area contributed by atoms with Crippen LogP contribution in [0.3, 0.4) is 0 Å².